The van der Waals surface area contributed by atoms with Gasteiger partial charge in [0.1, 0.15) is 11.9 Å². The number of hydrogen-bond donors (Lipinski definition) is 3. The van der Waals surface area contributed by atoms with Crippen LogP contribution >= 0.6 is 11.8 Å². The Morgan fingerprint density at radius 1 is 1.78 bits per heavy atom. The lowest BCUT2D eigenvalue weighted by Crippen LogP contribution is -2.16. The third-order valence-electron chi connectivity index (χ3n) is 2.27. The first-order valence-electron chi connectivity index (χ1n) is 5.61. The highest BCUT2D eigenvalue weighted by atomic mass is 32.2. The number of terminal acetylenes is 1. The van der Waals surface area contributed by atoms with Gasteiger partial charge in [0.25, 0.3) is 5.24 Å². The largest absolute Gasteiger partial charge is 0.508 e. The Labute approximate surface area is 112 Å². The van der Waals surface area contributed by atoms with Gasteiger partial charge in [-0.15, -0.1) is 0 Å². The van der Waals surface area contributed by atoms with E-state index in [1.165, 1.54) is 17.9 Å². The molecular weight excluding hydrogens is 250 g/mol. The van der Waals surface area contributed by atoms with Crippen molar-refractivity contribution in [1.82, 2.24) is 5.32 Å². The topological polar surface area (TPSA) is 69.6 Å². The lowest BCUT2D eigenvalue weighted by atomic mass is 10.0. The molecule has 18 heavy (non-hydrogen) atoms. The normalized spacial score (nSPS) is 20.8. The summed E-state index contributed by atoms with van der Waals surface area (Å²) in [4.78, 5) is 10.9. The predicted molar refractivity (Wildman–Crippen MR) is 74.9 cm³/mol. The van der Waals surface area contributed by atoms with Crippen LogP contribution in [0.1, 0.15) is 20.3 Å². The lowest BCUT2D eigenvalue weighted by Gasteiger charge is -2.09. The van der Waals surface area contributed by atoms with E-state index in [-0.39, 0.29) is 11.0 Å². The Balaban J connectivity index is 0.000000873. The fourth-order valence-corrected chi connectivity index (χ4v) is 2.45. The molecule has 0 aromatic heterocycles. The van der Waals surface area contributed by atoms with E-state index in [2.05, 4.69) is 18.7 Å². The van der Waals surface area contributed by atoms with Gasteiger partial charge in [0, 0.05) is 11.8 Å². The monoisotopic (exact) mass is 269 g/mol. The second-order valence-electron chi connectivity index (χ2n) is 3.82. The maximum atomic E-state index is 10.9. The van der Waals surface area contributed by atoms with Crippen molar-refractivity contribution in [3.8, 4) is 12.5 Å². The van der Waals surface area contributed by atoms with Crippen molar-refractivity contribution < 1.29 is 15.0 Å². The van der Waals surface area contributed by atoms with Crippen molar-refractivity contribution >= 4 is 17.0 Å². The Morgan fingerprint density at radius 2 is 2.39 bits per heavy atom. The molecule has 0 bridgehead atoms. The molecule has 1 aliphatic rings. The van der Waals surface area contributed by atoms with Crippen molar-refractivity contribution in [1.29, 1.82) is 0 Å². The summed E-state index contributed by atoms with van der Waals surface area (Å²) in [6, 6.07) is 0. The predicted octanol–water partition coefficient (Wildman–Crippen LogP) is 2.81. The molecule has 2 atom stereocenters. The molecule has 0 aromatic carbocycles. The minimum absolute atomic E-state index is 0.0764. The lowest BCUT2D eigenvalue weighted by molar-refractivity contribution is 0.262. The average Bonchev–Trinajstić information content (AvgIpc) is 2.72. The van der Waals surface area contributed by atoms with Crippen LogP contribution in [0, 0.1) is 18.4 Å². The van der Waals surface area contributed by atoms with Crippen LogP contribution in [0.15, 0.2) is 24.0 Å². The van der Waals surface area contributed by atoms with Gasteiger partial charge in [-0.1, -0.05) is 31.2 Å². The van der Waals surface area contributed by atoms with E-state index >= 15 is 0 Å². The standard InChI is InChI=1S/C11H17NO2S.C2H2O/c1-3-9(13)5-4-8(2)6-10-7-12-11(14)15-10;1-2-3/h3-5,8,10,13H,6-7H2,1-2H3,(H,12,14);1,3H/b5-4-,9-3+;. The van der Waals surface area contributed by atoms with E-state index in [4.69, 9.17) is 5.11 Å². The van der Waals surface area contributed by atoms with Crippen LogP contribution in [0.3, 0.4) is 0 Å². The minimum atomic E-state index is 0.0764. The van der Waals surface area contributed by atoms with Gasteiger partial charge in [-0.25, -0.2) is 0 Å². The van der Waals surface area contributed by atoms with E-state index in [1.807, 2.05) is 6.08 Å². The van der Waals surface area contributed by atoms with Gasteiger partial charge in [0.05, 0.1) is 0 Å². The number of hydrogen-bond acceptors (Lipinski definition) is 4. The quantitative estimate of drug-likeness (QED) is 0.417. The van der Waals surface area contributed by atoms with Crippen LogP contribution in [0.2, 0.25) is 0 Å². The molecule has 100 valence electrons. The Kier molecular flexibility index (Phi) is 8.67. The van der Waals surface area contributed by atoms with Gasteiger partial charge >= 0.3 is 0 Å². The van der Waals surface area contributed by atoms with Crippen LogP contribution in [-0.2, 0) is 0 Å². The second kappa shape index (κ2) is 9.49. The van der Waals surface area contributed by atoms with Crippen LogP contribution in [-0.4, -0.2) is 27.2 Å². The first kappa shape index (κ1) is 16.5. The molecule has 1 amide bonds. The molecule has 1 aliphatic heterocycles. The highest BCUT2D eigenvalue weighted by Gasteiger charge is 2.23. The third kappa shape index (κ3) is 7.69. The summed E-state index contributed by atoms with van der Waals surface area (Å²) < 4.78 is 0. The number of aliphatic hydroxyl groups is 2. The fourth-order valence-electron chi connectivity index (χ4n) is 1.42. The zero-order chi connectivity index (χ0) is 14.0. The zero-order valence-electron chi connectivity index (χ0n) is 10.6. The molecule has 0 spiro atoms. The number of rotatable bonds is 4. The molecule has 1 fully saturated rings. The Bertz CT molecular complexity index is 358. The zero-order valence-corrected chi connectivity index (χ0v) is 11.4. The SMILES string of the molecule is C#CO.C/C=C(O)\C=C/C(C)CC1CNC(=O)S1. The van der Waals surface area contributed by atoms with Crippen molar-refractivity contribution in [3.05, 3.63) is 24.0 Å². The summed E-state index contributed by atoms with van der Waals surface area (Å²) in [5, 5.41) is 19.5. The average molecular weight is 269 g/mol. The summed E-state index contributed by atoms with van der Waals surface area (Å²) in [5.41, 5.74) is 0. The van der Waals surface area contributed by atoms with E-state index in [9.17, 15) is 9.90 Å². The summed E-state index contributed by atoms with van der Waals surface area (Å²) >= 11 is 1.37. The van der Waals surface area contributed by atoms with E-state index < -0.39 is 0 Å². The summed E-state index contributed by atoms with van der Waals surface area (Å²) in [7, 11) is 0. The van der Waals surface area contributed by atoms with Crippen LogP contribution in [0.4, 0.5) is 4.79 Å². The fraction of sp³-hybridized carbons (Fsp3) is 0.462. The Morgan fingerprint density at radius 3 is 2.83 bits per heavy atom. The number of amides is 1. The summed E-state index contributed by atoms with van der Waals surface area (Å²) in [6.07, 6.45) is 11.7. The highest BCUT2D eigenvalue weighted by Crippen LogP contribution is 2.24. The number of aliphatic hydroxyl groups excluding tert-OH is 2. The number of nitrogens with one attached hydrogen (secondary N) is 1. The van der Waals surface area contributed by atoms with Crippen molar-refractivity contribution in [3.63, 3.8) is 0 Å². The number of allylic oxidation sites excluding steroid dienone is 3. The number of thioether (sulfide) groups is 1. The highest BCUT2D eigenvalue weighted by molar-refractivity contribution is 8.14. The molecule has 1 rings (SSSR count). The van der Waals surface area contributed by atoms with E-state index in [0.717, 1.165) is 13.0 Å². The molecule has 0 aliphatic carbocycles. The molecule has 1 heterocycles. The summed E-state index contributed by atoms with van der Waals surface area (Å²) in [5.74, 6) is 0.660. The second-order valence-corrected chi connectivity index (χ2v) is 5.10. The molecule has 0 radical (unpaired) electrons. The molecular formula is C13H19NO3S. The van der Waals surface area contributed by atoms with Crippen LogP contribution < -0.4 is 5.32 Å². The van der Waals surface area contributed by atoms with E-state index in [1.54, 1.807) is 19.1 Å². The molecule has 0 aromatic rings. The van der Waals surface area contributed by atoms with Crippen molar-refractivity contribution in [2.75, 3.05) is 6.54 Å². The van der Waals surface area contributed by atoms with Gasteiger partial charge in [-0.2, -0.15) is 0 Å². The van der Waals surface area contributed by atoms with E-state index in [0.29, 0.717) is 11.2 Å². The van der Waals surface area contributed by atoms with Gasteiger partial charge in [-0.05, 0) is 31.4 Å². The Hall–Kier alpha value is -1.54. The van der Waals surface area contributed by atoms with Gasteiger partial charge in [-0.3, -0.25) is 4.79 Å². The molecule has 4 nitrogen and oxygen atoms in total. The third-order valence-corrected chi connectivity index (χ3v) is 3.32. The van der Waals surface area contributed by atoms with Crippen molar-refractivity contribution in [2.45, 2.75) is 25.5 Å². The molecule has 1 saturated heterocycles. The first-order valence-corrected chi connectivity index (χ1v) is 6.49. The summed E-state index contributed by atoms with van der Waals surface area (Å²) in [6.45, 7) is 4.64. The minimum Gasteiger partial charge on any atom is -0.508 e. The molecule has 3 N–H and O–H groups in total. The van der Waals surface area contributed by atoms with Gasteiger partial charge in [0.2, 0.25) is 0 Å². The van der Waals surface area contributed by atoms with Crippen molar-refractivity contribution in [2.24, 2.45) is 5.92 Å². The molecule has 2 unspecified atom stereocenters. The van der Waals surface area contributed by atoms with Gasteiger partial charge < -0.3 is 15.5 Å². The van der Waals surface area contributed by atoms with Gasteiger partial charge in [0.15, 0.2) is 0 Å². The maximum Gasteiger partial charge on any atom is 0.279 e. The number of carbonyl (C=O) groups is 1. The number of carbonyl (C=O) groups excluding carboxylic acids is 1. The van der Waals surface area contributed by atoms with Crippen LogP contribution in [0.5, 0.6) is 0 Å². The van der Waals surface area contributed by atoms with Crippen LogP contribution in [0.25, 0.3) is 0 Å². The first-order chi connectivity index (χ1) is 8.53. The smallest absolute Gasteiger partial charge is 0.279 e. The molecule has 5 heteroatoms. The molecule has 0 saturated carbocycles. The maximum absolute atomic E-state index is 10.9.